The lowest BCUT2D eigenvalue weighted by Crippen LogP contribution is -2.30. The maximum atomic E-state index is 5.18. The molecule has 3 heteroatoms. The van der Waals surface area contributed by atoms with Crippen LogP contribution in [0.15, 0.2) is 0 Å². The molecule has 0 fully saturated rings. The van der Waals surface area contributed by atoms with Gasteiger partial charge in [0.15, 0.2) is 0 Å². The standard InChI is InChI=1S/C6H16O2Si.C2H6/c1-6(2,3)9(7-4)8-5;1-2/h9H,1-5H3;1-2H3. The molecule has 0 spiro atoms. The predicted molar refractivity (Wildman–Crippen MR) is 52.2 cm³/mol. The predicted octanol–water partition coefficient (Wildman–Crippen LogP) is 2.33. The molecule has 70 valence electrons. The fourth-order valence-corrected chi connectivity index (χ4v) is 2.41. The molecular weight excluding hydrogens is 156 g/mol. The van der Waals surface area contributed by atoms with Gasteiger partial charge >= 0.3 is 9.28 Å². The minimum absolute atomic E-state index is 0.212. The van der Waals surface area contributed by atoms with Crippen LogP contribution in [0.1, 0.15) is 34.6 Å². The zero-order valence-corrected chi connectivity index (χ0v) is 10.0. The summed E-state index contributed by atoms with van der Waals surface area (Å²) in [5.41, 5.74) is 0. The van der Waals surface area contributed by atoms with Crippen molar-refractivity contribution in [3.8, 4) is 0 Å². The SMILES string of the molecule is CC.CO[SiH](OC)C(C)(C)C. The van der Waals surface area contributed by atoms with E-state index in [9.17, 15) is 0 Å². The highest BCUT2D eigenvalue weighted by Gasteiger charge is 2.27. The zero-order valence-electron chi connectivity index (χ0n) is 8.89. The van der Waals surface area contributed by atoms with E-state index in [-0.39, 0.29) is 5.04 Å². The maximum Gasteiger partial charge on any atom is 0.326 e. The molecule has 0 aromatic heterocycles. The van der Waals surface area contributed by atoms with Crippen molar-refractivity contribution in [1.82, 2.24) is 0 Å². The summed E-state index contributed by atoms with van der Waals surface area (Å²) < 4.78 is 10.4. The Balaban J connectivity index is 0. The molecule has 0 aliphatic carbocycles. The van der Waals surface area contributed by atoms with Crippen molar-refractivity contribution >= 4 is 9.28 Å². The Hall–Kier alpha value is 0.137. The molecule has 2 nitrogen and oxygen atoms in total. The van der Waals surface area contributed by atoms with E-state index in [4.69, 9.17) is 8.85 Å². The van der Waals surface area contributed by atoms with Crippen molar-refractivity contribution in [2.75, 3.05) is 14.2 Å². The Bertz CT molecular complexity index is 74.7. The Morgan fingerprint density at radius 3 is 1.18 bits per heavy atom. The third-order valence-electron chi connectivity index (χ3n) is 1.14. The van der Waals surface area contributed by atoms with Gasteiger partial charge in [-0.2, -0.15) is 0 Å². The Labute approximate surface area is 72.8 Å². The molecule has 0 amide bonds. The van der Waals surface area contributed by atoms with E-state index in [0.29, 0.717) is 0 Å². The smallest absolute Gasteiger partial charge is 0.326 e. The molecule has 0 heterocycles. The van der Waals surface area contributed by atoms with Crippen LogP contribution in [-0.4, -0.2) is 23.5 Å². The van der Waals surface area contributed by atoms with Crippen molar-refractivity contribution in [2.24, 2.45) is 0 Å². The second-order valence-electron chi connectivity index (χ2n) is 3.17. The van der Waals surface area contributed by atoms with Gasteiger partial charge in [-0.1, -0.05) is 34.6 Å². The molecule has 0 bridgehead atoms. The molecule has 0 atom stereocenters. The molecule has 0 aliphatic heterocycles. The largest absolute Gasteiger partial charge is 0.400 e. The maximum absolute atomic E-state index is 5.18. The topological polar surface area (TPSA) is 18.5 Å². The van der Waals surface area contributed by atoms with Crippen LogP contribution in [0.2, 0.25) is 5.04 Å². The van der Waals surface area contributed by atoms with E-state index in [1.165, 1.54) is 0 Å². The fourth-order valence-electron chi connectivity index (χ4n) is 0.803. The van der Waals surface area contributed by atoms with Gasteiger partial charge < -0.3 is 8.85 Å². The van der Waals surface area contributed by atoms with Crippen LogP contribution in [0.4, 0.5) is 0 Å². The molecule has 0 rings (SSSR count). The summed E-state index contributed by atoms with van der Waals surface area (Å²) in [5, 5.41) is 0.212. The van der Waals surface area contributed by atoms with Crippen LogP contribution in [0.5, 0.6) is 0 Å². The number of hydrogen-bond acceptors (Lipinski definition) is 2. The summed E-state index contributed by atoms with van der Waals surface area (Å²) in [5.74, 6) is 0. The molecule has 0 unspecified atom stereocenters. The number of rotatable bonds is 2. The summed E-state index contributed by atoms with van der Waals surface area (Å²) in [4.78, 5) is 0. The van der Waals surface area contributed by atoms with Crippen LogP contribution in [0, 0.1) is 0 Å². The van der Waals surface area contributed by atoms with Crippen molar-refractivity contribution in [3.63, 3.8) is 0 Å². The van der Waals surface area contributed by atoms with Gasteiger partial charge in [0.1, 0.15) is 0 Å². The van der Waals surface area contributed by atoms with Crippen LogP contribution in [-0.2, 0) is 8.85 Å². The summed E-state index contributed by atoms with van der Waals surface area (Å²) in [6.07, 6.45) is 0. The first kappa shape index (κ1) is 13.7. The van der Waals surface area contributed by atoms with Gasteiger partial charge in [-0.25, -0.2) is 0 Å². The molecule has 0 saturated heterocycles. The fraction of sp³-hybridized carbons (Fsp3) is 1.00. The highest BCUT2D eigenvalue weighted by atomic mass is 28.3. The third kappa shape index (κ3) is 6.53. The van der Waals surface area contributed by atoms with Gasteiger partial charge in [0.05, 0.1) is 0 Å². The minimum Gasteiger partial charge on any atom is -0.400 e. The van der Waals surface area contributed by atoms with E-state index in [1.54, 1.807) is 14.2 Å². The van der Waals surface area contributed by atoms with Crippen LogP contribution in [0.25, 0.3) is 0 Å². The van der Waals surface area contributed by atoms with Gasteiger partial charge in [-0.3, -0.25) is 0 Å². The van der Waals surface area contributed by atoms with E-state index in [2.05, 4.69) is 20.8 Å². The molecule has 0 radical (unpaired) electrons. The van der Waals surface area contributed by atoms with Gasteiger partial charge in [-0.05, 0) is 0 Å². The minimum atomic E-state index is -1.38. The summed E-state index contributed by atoms with van der Waals surface area (Å²) in [6.45, 7) is 10.4. The quantitative estimate of drug-likeness (QED) is 0.604. The number of hydrogen-bond donors (Lipinski definition) is 0. The lowest BCUT2D eigenvalue weighted by Gasteiger charge is -2.24. The first-order chi connectivity index (χ1) is 5.02. The summed E-state index contributed by atoms with van der Waals surface area (Å²) >= 11 is 0. The molecule has 0 N–H and O–H groups in total. The van der Waals surface area contributed by atoms with E-state index in [0.717, 1.165) is 0 Å². The highest BCUT2D eigenvalue weighted by Crippen LogP contribution is 2.26. The monoisotopic (exact) mass is 178 g/mol. The Morgan fingerprint density at radius 1 is 0.909 bits per heavy atom. The van der Waals surface area contributed by atoms with E-state index < -0.39 is 9.28 Å². The average Bonchev–Trinajstić information content (AvgIpc) is 1.92. The molecule has 0 aromatic carbocycles. The van der Waals surface area contributed by atoms with Crippen molar-refractivity contribution in [1.29, 1.82) is 0 Å². The molecule has 0 saturated carbocycles. The second-order valence-corrected chi connectivity index (χ2v) is 6.51. The summed E-state index contributed by atoms with van der Waals surface area (Å²) in [7, 11) is 2.05. The molecule has 0 aromatic rings. The third-order valence-corrected chi connectivity index (χ3v) is 3.41. The first-order valence-electron chi connectivity index (χ1n) is 4.08. The van der Waals surface area contributed by atoms with E-state index in [1.807, 2.05) is 13.8 Å². The van der Waals surface area contributed by atoms with Crippen molar-refractivity contribution < 1.29 is 8.85 Å². The van der Waals surface area contributed by atoms with Crippen molar-refractivity contribution in [3.05, 3.63) is 0 Å². The van der Waals surface area contributed by atoms with Gasteiger partial charge in [-0.15, -0.1) is 0 Å². The Morgan fingerprint density at radius 2 is 1.18 bits per heavy atom. The average molecular weight is 178 g/mol. The van der Waals surface area contributed by atoms with Crippen molar-refractivity contribution in [2.45, 2.75) is 39.7 Å². The first-order valence-corrected chi connectivity index (χ1v) is 5.60. The molecular formula is C8H22O2Si. The van der Waals surface area contributed by atoms with Crippen LogP contribution < -0.4 is 0 Å². The normalized spacial score (nSPS) is 10.9. The molecule has 0 aliphatic rings. The van der Waals surface area contributed by atoms with Gasteiger partial charge in [0.25, 0.3) is 0 Å². The van der Waals surface area contributed by atoms with Gasteiger partial charge in [0.2, 0.25) is 0 Å². The lowest BCUT2D eigenvalue weighted by atomic mass is 10.3. The van der Waals surface area contributed by atoms with Crippen LogP contribution >= 0.6 is 0 Å². The van der Waals surface area contributed by atoms with Crippen LogP contribution in [0.3, 0.4) is 0 Å². The summed E-state index contributed by atoms with van der Waals surface area (Å²) in [6, 6.07) is 0. The highest BCUT2D eigenvalue weighted by molar-refractivity contribution is 6.48. The molecule has 11 heavy (non-hydrogen) atoms. The second kappa shape index (κ2) is 6.82. The Kier molecular flexibility index (Phi) is 8.50. The zero-order chi connectivity index (χ0) is 9.49. The van der Waals surface area contributed by atoms with E-state index >= 15 is 0 Å². The van der Waals surface area contributed by atoms with Gasteiger partial charge in [0, 0.05) is 19.3 Å². The lowest BCUT2D eigenvalue weighted by molar-refractivity contribution is 0.251.